The van der Waals surface area contributed by atoms with Crippen molar-refractivity contribution in [1.82, 2.24) is 15.2 Å². The summed E-state index contributed by atoms with van der Waals surface area (Å²) in [5.41, 5.74) is 5.72. The minimum absolute atomic E-state index is 0.0716. The van der Waals surface area contributed by atoms with Crippen molar-refractivity contribution in [3.05, 3.63) is 35.0 Å². The van der Waals surface area contributed by atoms with Gasteiger partial charge in [0.25, 0.3) is 5.91 Å². The lowest BCUT2D eigenvalue weighted by atomic mass is 10.0. The number of aliphatic hydroxyl groups is 1. The van der Waals surface area contributed by atoms with Gasteiger partial charge in [0.05, 0.1) is 0 Å². The quantitative estimate of drug-likeness (QED) is 0.245. The Morgan fingerprint density at radius 2 is 2.20 bits per heavy atom. The highest BCUT2D eigenvalue weighted by Crippen LogP contribution is 2.42. The van der Waals surface area contributed by atoms with Crippen LogP contribution in [0.4, 0.5) is 5.13 Å². The molecule has 3 atom stereocenters. The number of hydrogen-bond acceptors (Lipinski definition) is 11. The smallest absolute Gasteiger partial charge is 0.352 e. The van der Waals surface area contributed by atoms with Gasteiger partial charge in [0.1, 0.15) is 22.8 Å². The van der Waals surface area contributed by atoms with Crippen LogP contribution in [0.15, 0.2) is 34.5 Å². The van der Waals surface area contributed by atoms with Crippen molar-refractivity contribution in [2.45, 2.75) is 17.6 Å². The van der Waals surface area contributed by atoms with E-state index >= 15 is 0 Å². The molecule has 0 aromatic carbocycles. The molecule has 3 heterocycles. The van der Waals surface area contributed by atoms with Crippen molar-refractivity contribution in [3.63, 3.8) is 0 Å². The molecule has 0 aliphatic carbocycles. The number of anilines is 1. The normalized spacial score (nSPS) is 23.3. The second-order valence-electron chi connectivity index (χ2n) is 6.08. The van der Waals surface area contributed by atoms with Crippen molar-refractivity contribution < 1.29 is 34.5 Å². The maximum Gasteiger partial charge on any atom is 0.352 e. The minimum atomic E-state index is -1.30. The number of oxime groups is 1. The SMILES string of the molecule is C=CC1=C(C(=O)O)N2C(O)[C@@H](NC(=O)C(=NOCC(=O)O)c3csc(N)n3)[C@H]2SC1. The lowest BCUT2D eigenvalue weighted by Gasteiger charge is -2.55. The molecule has 12 nitrogen and oxygen atoms in total. The molecular weight excluding hydrogens is 438 g/mol. The van der Waals surface area contributed by atoms with Crippen LogP contribution in [-0.4, -0.2) is 78.8 Å². The zero-order chi connectivity index (χ0) is 22.0. The molecule has 2 aliphatic heterocycles. The summed E-state index contributed by atoms with van der Waals surface area (Å²) in [5.74, 6) is -2.94. The number of rotatable bonds is 8. The molecule has 1 aromatic heterocycles. The van der Waals surface area contributed by atoms with E-state index in [1.54, 1.807) is 0 Å². The molecular formula is C16H17N5O7S2. The number of carbonyl (C=O) groups is 3. The zero-order valence-corrected chi connectivity index (χ0v) is 16.9. The molecule has 2 aliphatic rings. The molecule has 3 rings (SSSR count). The van der Waals surface area contributed by atoms with Crippen molar-refractivity contribution >= 4 is 51.8 Å². The van der Waals surface area contributed by atoms with Crippen LogP contribution in [0, 0.1) is 0 Å². The number of nitrogens with zero attached hydrogens (tertiary/aromatic N) is 3. The molecule has 1 unspecified atom stereocenters. The number of aromatic nitrogens is 1. The number of amides is 1. The average molecular weight is 455 g/mol. The molecule has 0 spiro atoms. The minimum Gasteiger partial charge on any atom is -0.479 e. The van der Waals surface area contributed by atoms with Gasteiger partial charge in [-0.1, -0.05) is 17.8 Å². The van der Waals surface area contributed by atoms with Gasteiger partial charge in [-0.15, -0.1) is 23.1 Å². The van der Waals surface area contributed by atoms with Gasteiger partial charge in [-0.05, 0) is 5.57 Å². The van der Waals surface area contributed by atoms with Gasteiger partial charge in [-0.3, -0.25) is 4.79 Å². The maximum atomic E-state index is 12.8. The van der Waals surface area contributed by atoms with Crippen LogP contribution in [-0.2, 0) is 19.2 Å². The van der Waals surface area contributed by atoms with Crippen molar-refractivity contribution in [3.8, 4) is 0 Å². The second-order valence-corrected chi connectivity index (χ2v) is 8.08. The summed E-state index contributed by atoms with van der Waals surface area (Å²) in [6, 6.07) is -0.816. The Labute approximate surface area is 177 Å². The number of aliphatic carboxylic acids is 2. The Balaban J connectivity index is 1.78. The number of thioether (sulfide) groups is 1. The number of allylic oxidation sites excluding steroid dienone is 1. The number of nitrogens with one attached hydrogen (secondary N) is 1. The molecule has 1 aromatic rings. The molecule has 6 N–H and O–H groups in total. The van der Waals surface area contributed by atoms with Gasteiger partial charge in [0, 0.05) is 11.1 Å². The van der Waals surface area contributed by atoms with Crippen LogP contribution >= 0.6 is 23.1 Å². The number of nitrogen functional groups attached to an aromatic ring is 1. The molecule has 30 heavy (non-hydrogen) atoms. The highest BCUT2D eigenvalue weighted by Gasteiger charge is 2.53. The van der Waals surface area contributed by atoms with Crippen LogP contribution < -0.4 is 11.1 Å². The van der Waals surface area contributed by atoms with Gasteiger partial charge >= 0.3 is 11.9 Å². The maximum absolute atomic E-state index is 12.8. The highest BCUT2D eigenvalue weighted by molar-refractivity contribution is 8.00. The summed E-state index contributed by atoms with van der Waals surface area (Å²) in [5, 5.41) is 35.8. The van der Waals surface area contributed by atoms with E-state index in [2.05, 4.69) is 26.9 Å². The molecule has 1 fully saturated rings. The summed E-state index contributed by atoms with van der Waals surface area (Å²) in [7, 11) is 0. The largest absolute Gasteiger partial charge is 0.479 e. The van der Waals surface area contributed by atoms with E-state index in [4.69, 9.17) is 10.8 Å². The van der Waals surface area contributed by atoms with Gasteiger partial charge in [0.2, 0.25) is 6.61 Å². The van der Waals surface area contributed by atoms with Gasteiger partial charge in [-0.2, -0.15) is 0 Å². The van der Waals surface area contributed by atoms with Crippen LogP contribution in [0.1, 0.15) is 5.69 Å². The van der Waals surface area contributed by atoms with Crippen LogP contribution in [0.5, 0.6) is 0 Å². The lowest BCUT2D eigenvalue weighted by molar-refractivity contribution is -0.146. The van der Waals surface area contributed by atoms with Crippen LogP contribution in [0.25, 0.3) is 0 Å². The summed E-state index contributed by atoms with van der Waals surface area (Å²) >= 11 is 2.38. The van der Waals surface area contributed by atoms with E-state index in [0.29, 0.717) is 11.3 Å². The average Bonchev–Trinajstić information content (AvgIpc) is 3.13. The van der Waals surface area contributed by atoms with Crippen LogP contribution in [0.2, 0.25) is 0 Å². The van der Waals surface area contributed by atoms with Crippen molar-refractivity contribution in [2.75, 3.05) is 18.1 Å². The third-order valence-electron chi connectivity index (χ3n) is 4.23. The monoisotopic (exact) mass is 455 g/mol. The molecule has 0 saturated carbocycles. The Morgan fingerprint density at radius 3 is 2.77 bits per heavy atom. The van der Waals surface area contributed by atoms with E-state index in [0.717, 1.165) is 11.3 Å². The fourth-order valence-electron chi connectivity index (χ4n) is 2.92. The first-order valence-electron chi connectivity index (χ1n) is 8.35. The predicted octanol–water partition coefficient (Wildman–Crippen LogP) is -0.753. The Kier molecular flexibility index (Phi) is 6.28. The number of carboxylic acids is 2. The highest BCUT2D eigenvalue weighted by atomic mass is 32.2. The van der Waals surface area contributed by atoms with Gasteiger partial charge < -0.3 is 36.1 Å². The summed E-state index contributed by atoms with van der Waals surface area (Å²) < 4.78 is 0. The van der Waals surface area contributed by atoms with Gasteiger partial charge in [0.15, 0.2) is 17.1 Å². The lowest BCUT2D eigenvalue weighted by Crippen LogP contribution is -2.73. The molecule has 0 bridgehead atoms. The molecule has 160 valence electrons. The number of hydrogen-bond donors (Lipinski definition) is 5. The fourth-order valence-corrected chi connectivity index (χ4v) is 4.88. The summed E-state index contributed by atoms with van der Waals surface area (Å²) in [6.07, 6.45) is 0.122. The van der Waals surface area contributed by atoms with E-state index < -0.39 is 42.1 Å². The van der Waals surface area contributed by atoms with E-state index in [9.17, 15) is 24.6 Å². The summed E-state index contributed by atoms with van der Waals surface area (Å²) in [6.45, 7) is 2.82. The van der Waals surface area contributed by atoms with Gasteiger partial charge in [-0.25, -0.2) is 14.6 Å². The standard InChI is InChI=1S/C16H17N5O7S2/c1-2-6-4-29-14-10(13(25)21(14)11(6)15(26)27)19-12(24)9(20-28-3-8(22)23)7-5-30-16(17)18-7/h2,5,10,13-14,25H,1,3-4H2,(H2,17,18)(H,19,24)(H,22,23)(H,26,27)/t10-,13?,14-/m1/s1. The Bertz CT molecular complexity index is 960. The Hall–Kier alpha value is -3.10. The molecule has 14 heteroatoms. The first-order valence-corrected chi connectivity index (χ1v) is 10.3. The number of carboxylic acid groups (broad SMARTS) is 2. The zero-order valence-electron chi connectivity index (χ0n) is 15.2. The van der Waals surface area contributed by atoms with Crippen molar-refractivity contribution in [1.29, 1.82) is 0 Å². The third-order valence-corrected chi connectivity index (χ3v) is 6.24. The predicted molar refractivity (Wildman–Crippen MR) is 108 cm³/mol. The molecule has 0 radical (unpaired) electrons. The number of nitrogens with two attached hydrogens (primary N) is 1. The van der Waals surface area contributed by atoms with Crippen molar-refractivity contribution in [2.24, 2.45) is 5.16 Å². The first-order chi connectivity index (χ1) is 14.2. The number of thiazole rings is 1. The van der Waals surface area contributed by atoms with E-state index in [-0.39, 0.29) is 22.2 Å². The molecule has 1 amide bonds. The number of aliphatic hydroxyl groups excluding tert-OH is 1. The Morgan fingerprint density at radius 1 is 1.47 bits per heavy atom. The fraction of sp³-hybridized carbons (Fsp3) is 0.312. The summed E-state index contributed by atoms with van der Waals surface area (Å²) in [4.78, 5) is 44.9. The number of carbonyl (C=O) groups excluding carboxylic acids is 1. The number of fused-ring (bicyclic) bond motifs is 1. The molecule has 1 saturated heterocycles. The van der Waals surface area contributed by atoms with Crippen LogP contribution in [0.3, 0.4) is 0 Å². The van der Waals surface area contributed by atoms with E-state index in [1.165, 1.54) is 28.1 Å². The second kappa shape index (κ2) is 8.73. The van der Waals surface area contributed by atoms with E-state index in [1.807, 2.05) is 0 Å². The topological polar surface area (TPSA) is 188 Å². The first kappa shape index (κ1) is 21.6. The third kappa shape index (κ3) is 4.10.